The van der Waals surface area contributed by atoms with Crippen LogP contribution in [0.25, 0.3) is 0 Å². The number of rotatable bonds is 7. The molecule has 4 heteroatoms. The first kappa shape index (κ1) is 14.7. The zero-order chi connectivity index (χ0) is 14.4. The number of hydrogen-bond donors (Lipinski definition) is 1. The summed E-state index contributed by atoms with van der Waals surface area (Å²) in [6.07, 6.45) is 4.54. The van der Waals surface area contributed by atoms with E-state index in [9.17, 15) is 0 Å². The van der Waals surface area contributed by atoms with Gasteiger partial charge >= 0.3 is 0 Å². The second kappa shape index (κ2) is 7.20. The third-order valence-electron chi connectivity index (χ3n) is 3.54. The predicted molar refractivity (Wildman–Crippen MR) is 81.4 cm³/mol. The van der Waals surface area contributed by atoms with E-state index in [0.717, 1.165) is 13.0 Å². The fourth-order valence-corrected chi connectivity index (χ4v) is 2.61. The van der Waals surface area contributed by atoms with Gasteiger partial charge in [-0.25, -0.2) is 9.67 Å². The molecule has 0 saturated carbocycles. The third kappa shape index (κ3) is 3.45. The molecular formula is C16H24N4. The summed E-state index contributed by atoms with van der Waals surface area (Å²) in [5.74, 6) is 0.464. The average Bonchev–Trinajstić information content (AvgIpc) is 2.97. The lowest BCUT2D eigenvalue weighted by Gasteiger charge is -2.31. The molecule has 108 valence electrons. The summed E-state index contributed by atoms with van der Waals surface area (Å²) in [5.41, 5.74) is 1.30. The first-order valence-electron chi connectivity index (χ1n) is 7.36. The van der Waals surface area contributed by atoms with Gasteiger partial charge in [0.1, 0.15) is 12.7 Å². The molecule has 4 nitrogen and oxygen atoms in total. The Morgan fingerprint density at radius 3 is 2.50 bits per heavy atom. The fourth-order valence-electron chi connectivity index (χ4n) is 2.61. The first-order chi connectivity index (χ1) is 9.74. The number of aromatic nitrogens is 3. The Bertz CT molecular complexity index is 478. The van der Waals surface area contributed by atoms with Gasteiger partial charge in [-0.2, -0.15) is 5.10 Å². The van der Waals surface area contributed by atoms with Gasteiger partial charge in [0.2, 0.25) is 0 Å². The van der Waals surface area contributed by atoms with Crippen LogP contribution in [0.1, 0.15) is 44.8 Å². The van der Waals surface area contributed by atoms with Crippen LogP contribution in [0, 0.1) is 5.92 Å². The molecule has 0 aliphatic heterocycles. The van der Waals surface area contributed by atoms with Crippen LogP contribution < -0.4 is 5.32 Å². The van der Waals surface area contributed by atoms with Crippen molar-refractivity contribution in [2.24, 2.45) is 5.92 Å². The molecular weight excluding hydrogens is 248 g/mol. The van der Waals surface area contributed by atoms with Crippen LogP contribution in [0.5, 0.6) is 0 Å². The highest BCUT2D eigenvalue weighted by Gasteiger charge is 2.27. The molecule has 2 unspecified atom stereocenters. The summed E-state index contributed by atoms with van der Waals surface area (Å²) in [7, 11) is 0. The van der Waals surface area contributed by atoms with Crippen molar-refractivity contribution in [3.05, 3.63) is 48.5 Å². The minimum atomic E-state index is 0.248. The van der Waals surface area contributed by atoms with Gasteiger partial charge < -0.3 is 5.32 Å². The lowest BCUT2D eigenvalue weighted by Crippen LogP contribution is -2.34. The van der Waals surface area contributed by atoms with Gasteiger partial charge in [0.15, 0.2) is 0 Å². The van der Waals surface area contributed by atoms with Crippen molar-refractivity contribution in [1.82, 2.24) is 20.1 Å². The maximum absolute atomic E-state index is 4.36. The van der Waals surface area contributed by atoms with Crippen LogP contribution in [0.4, 0.5) is 0 Å². The van der Waals surface area contributed by atoms with Crippen molar-refractivity contribution in [2.75, 3.05) is 6.54 Å². The monoisotopic (exact) mass is 272 g/mol. The van der Waals surface area contributed by atoms with E-state index >= 15 is 0 Å². The Morgan fingerprint density at radius 1 is 1.20 bits per heavy atom. The van der Waals surface area contributed by atoms with E-state index in [0.29, 0.717) is 5.92 Å². The normalized spacial score (nSPS) is 14.4. The number of benzene rings is 1. The summed E-state index contributed by atoms with van der Waals surface area (Å²) < 4.78 is 1.98. The lowest BCUT2D eigenvalue weighted by molar-refractivity contribution is 0.258. The third-order valence-corrected chi connectivity index (χ3v) is 3.54. The molecule has 2 rings (SSSR count). The molecule has 1 N–H and O–H groups in total. The van der Waals surface area contributed by atoms with Crippen LogP contribution in [-0.4, -0.2) is 21.3 Å². The Labute approximate surface area is 121 Å². The summed E-state index contributed by atoms with van der Waals surface area (Å²) in [5, 5.41) is 8.02. The maximum Gasteiger partial charge on any atom is 0.137 e. The molecule has 1 aromatic carbocycles. The molecule has 0 fully saturated rings. The molecule has 0 bridgehead atoms. The average molecular weight is 272 g/mol. The van der Waals surface area contributed by atoms with Gasteiger partial charge in [0.25, 0.3) is 0 Å². The zero-order valence-electron chi connectivity index (χ0n) is 12.5. The molecule has 0 radical (unpaired) electrons. The topological polar surface area (TPSA) is 42.7 Å². The van der Waals surface area contributed by atoms with Crippen LogP contribution in [0.15, 0.2) is 43.0 Å². The highest BCUT2D eigenvalue weighted by Crippen LogP contribution is 2.31. The Kier molecular flexibility index (Phi) is 5.30. The van der Waals surface area contributed by atoms with Crippen LogP contribution in [-0.2, 0) is 0 Å². The molecule has 2 atom stereocenters. The van der Waals surface area contributed by atoms with Gasteiger partial charge in [-0.1, -0.05) is 51.1 Å². The Balaban J connectivity index is 2.32. The van der Waals surface area contributed by atoms with Crippen molar-refractivity contribution in [2.45, 2.75) is 39.3 Å². The first-order valence-corrected chi connectivity index (χ1v) is 7.36. The highest BCUT2D eigenvalue weighted by atomic mass is 15.3. The van der Waals surface area contributed by atoms with Gasteiger partial charge in [-0.05, 0) is 24.4 Å². The van der Waals surface area contributed by atoms with E-state index in [2.05, 4.69) is 66.5 Å². The molecule has 0 spiro atoms. The maximum atomic E-state index is 4.36. The van der Waals surface area contributed by atoms with Crippen LogP contribution in [0.3, 0.4) is 0 Å². The second-order valence-electron chi connectivity index (χ2n) is 5.45. The van der Waals surface area contributed by atoms with E-state index in [-0.39, 0.29) is 12.1 Å². The number of hydrogen-bond acceptors (Lipinski definition) is 3. The lowest BCUT2D eigenvalue weighted by atomic mass is 9.91. The zero-order valence-corrected chi connectivity index (χ0v) is 12.5. The van der Waals surface area contributed by atoms with E-state index in [1.807, 2.05) is 11.0 Å². The van der Waals surface area contributed by atoms with Gasteiger partial charge in [-0.3, -0.25) is 0 Å². The molecule has 0 aliphatic rings. The van der Waals surface area contributed by atoms with E-state index in [1.165, 1.54) is 5.56 Å². The SMILES string of the molecule is CCCNC(c1ccccc1)C(C(C)C)n1cncn1. The fraction of sp³-hybridized carbons (Fsp3) is 0.500. The molecule has 2 aromatic rings. The molecule has 20 heavy (non-hydrogen) atoms. The van der Waals surface area contributed by atoms with Crippen molar-refractivity contribution in [3.8, 4) is 0 Å². The Hall–Kier alpha value is -1.68. The minimum Gasteiger partial charge on any atom is -0.308 e. The standard InChI is InChI=1S/C16H24N4/c1-4-10-18-15(14-8-6-5-7-9-14)16(13(2)3)20-12-17-11-19-20/h5-9,11-13,15-16,18H,4,10H2,1-3H3. The van der Waals surface area contributed by atoms with Crippen LogP contribution in [0.2, 0.25) is 0 Å². The predicted octanol–water partition coefficient (Wildman–Crippen LogP) is 3.22. The number of nitrogens with one attached hydrogen (secondary N) is 1. The van der Waals surface area contributed by atoms with Crippen molar-refractivity contribution in [1.29, 1.82) is 0 Å². The summed E-state index contributed by atoms with van der Waals surface area (Å²) in [6.45, 7) is 7.65. The smallest absolute Gasteiger partial charge is 0.137 e. The quantitative estimate of drug-likeness (QED) is 0.841. The van der Waals surface area contributed by atoms with Crippen LogP contribution >= 0.6 is 0 Å². The van der Waals surface area contributed by atoms with E-state index in [1.54, 1.807) is 6.33 Å². The largest absolute Gasteiger partial charge is 0.308 e. The van der Waals surface area contributed by atoms with Crippen molar-refractivity contribution < 1.29 is 0 Å². The molecule has 0 amide bonds. The number of nitrogens with zero attached hydrogens (tertiary/aromatic N) is 3. The van der Waals surface area contributed by atoms with Crippen molar-refractivity contribution >= 4 is 0 Å². The molecule has 0 saturated heterocycles. The molecule has 0 aliphatic carbocycles. The van der Waals surface area contributed by atoms with Gasteiger partial charge in [-0.15, -0.1) is 0 Å². The van der Waals surface area contributed by atoms with Gasteiger partial charge in [0.05, 0.1) is 12.1 Å². The highest BCUT2D eigenvalue weighted by molar-refractivity contribution is 5.20. The Morgan fingerprint density at radius 2 is 1.95 bits per heavy atom. The van der Waals surface area contributed by atoms with E-state index < -0.39 is 0 Å². The molecule has 1 heterocycles. The summed E-state index contributed by atoms with van der Waals surface area (Å²) in [4.78, 5) is 4.11. The van der Waals surface area contributed by atoms with E-state index in [4.69, 9.17) is 0 Å². The minimum absolute atomic E-state index is 0.248. The summed E-state index contributed by atoms with van der Waals surface area (Å²) in [6, 6.07) is 11.1. The van der Waals surface area contributed by atoms with Gasteiger partial charge in [0, 0.05) is 0 Å². The summed E-state index contributed by atoms with van der Waals surface area (Å²) >= 11 is 0. The molecule has 1 aromatic heterocycles. The van der Waals surface area contributed by atoms with Crippen molar-refractivity contribution in [3.63, 3.8) is 0 Å². The second-order valence-corrected chi connectivity index (χ2v) is 5.45.